The number of aromatic nitrogens is 5. The molecular weight excluding hydrogens is 769 g/mol. The van der Waals surface area contributed by atoms with Crippen LogP contribution in [0.1, 0.15) is 65.3 Å². The summed E-state index contributed by atoms with van der Waals surface area (Å²) in [7, 11) is 1.57. The molecule has 17 heteroatoms. The van der Waals surface area contributed by atoms with Crippen molar-refractivity contribution in [2.45, 2.75) is 91.4 Å². The highest BCUT2D eigenvalue weighted by Gasteiger charge is 2.40. The molecule has 3 aliphatic rings. The second-order valence-corrected chi connectivity index (χ2v) is 17.1. The Morgan fingerprint density at radius 2 is 1.88 bits per heavy atom. The van der Waals surface area contributed by atoms with Gasteiger partial charge >= 0.3 is 5.97 Å². The summed E-state index contributed by atoms with van der Waals surface area (Å²) in [5.41, 5.74) is 7.07. The van der Waals surface area contributed by atoms with E-state index < -0.39 is 47.2 Å². The minimum Gasteiger partial charge on any atom is -0.464 e. The summed E-state index contributed by atoms with van der Waals surface area (Å²) in [5.74, 6) is -2.50. The van der Waals surface area contributed by atoms with E-state index >= 15 is 0 Å². The molecule has 60 heavy (non-hydrogen) atoms. The number of esters is 1. The summed E-state index contributed by atoms with van der Waals surface area (Å²) in [6.45, 7) is 15.1. The quantitative estimate of drug-likeness (QED) is 0.195. The van der Waals surface area contributed by atoms with Crippen molar-refractivity contribution in [3.8, 4) is 22.6 Å². The summed E-state index contributed by atoms with van der Waals surface area (Å²) in [5, 5.41) is 9.53. The van der Waals surface area contributed by atoms with E-state index in [0.717, 1.165) is 27.7 Å². The number of fused-ring (bicyclic) bond motifs is 6. The summed E-state index contributed by atoms with van der Waals surface area (Å²) in [6, 6.07) is 2.98. The lowest BCUT2D eigenvalue weighted by Crippen LogP contribution is -2.62. The molecule has 4 amide bonds. The van der Waals surface area contributed by atoms with Crippen molar-refractivity contribution < 1.29 is 33.2 Å². The molecule has 17 nitrogen and oxygen atoms in total. The molecule has 318 valence electrons. The van der Waals surface area contributed by atoms with Crippen molar-refractivity contribution in [3.63, 3.8) is 0 Å². The molecule has 7 rings (SSSR count). The van der Waals surface area contributed by atoms with E-state index in [0.29, 0.717) is 50.2 Å². The first-order valence-corrected chi connectivity index (χ1v) is 20.7. The Morgan fingerprint density at radius 3 is 2.60 bits per heavy atom. The molecule has 6 bridgehead atoms. The first kappa shape index (κ1) is 42.2. The van der Waals surface area contributed by atoms with Crippen molar-refractivity contribution in [3.05, 3.63) is 61.0 Å². The van der Waals surface area contributed by atoms with E-state index in [1.54, 1.807) is 24.3 Å². The molecule has 4 atom stereocenters. The minimum absolute atomic E-state index is 0.107. The summed E-state index contributed by atoms with van der Waals surface area (Å²) < 4.78 is 14.0. The van der Waals surface area contributed by atoms with E-state index in [1.807, 2.05) is 45.9 Å². The Kier molecular flexibility index (Phi) is 12.2. The zero-order valence-corrected chi connectivity index (χ0v) is 35.1. The Hall–Kier alpha value is -5.97. The van der Waals surface area contributed by atoms with Gasteiger partial charge in [0.05, 0.1) is 24.6 Å². The number of amides is 4. The fourth-order valence-corrected chi connectivity index (χ4v) is 8.75. The number of aryl methyl sites for hydroxylation is 1. The Labute approximate surface area is 348 Å². The number of likely N-dealkylation sites (N-methyl/N-ethyl adjacent to an activating group) is 1. The molecule has 0 radical (unpaired) electrons. The largest absolute Gasteiger partial charge is 0.464 e. The Balaban J connectivity index is 1.24. The van der Waals surface area contributed by atoms with Gasteiger partial charge in [-0.05, 0) is 68.4 Å². The number of cyclic esters (lactones) is 1. The number of hydrogen-bond acceptors (Lipinski definition) is 12. The first-order chi connectivity index (χ1) is 28.7. The monoisotopic (exact) mass is 822 g/mol. The number of nitrogens with zero attached hydrogens (tertiary/aromatic N) is 8. The third-order valence-corrected chi connectivity index (χ3v) is 11.7. The number of hydrogen-bond donors (Lipinski definition) is 2. The molecule has 0 saturated carbocycles. The highest BCUT2D eigenvalue weighted by atomic mass is 16.5. The molecule has 2 saturated heterocycles. The zero-order chi connectivity index (χ0) is 42.9. The topological polar surface area (TPSA) is 198 Å². The number of nitrogens with one attached hydrogen (secondary N) is 2. The third kappa shape index (κ3) is 8.53. The van der Waals surface area contributed by atoms with Crippen LogP contribution in [0.25, 0.3) is 33.5 Å². The molecule has 0 spiro atoms. The van der Waals surface area contributed by atoms with Gasteiger partial charge in [-0.15, -0.1) is 0 Å². The number of likely N-dealkylation sites (tertiary alicyclic amines) is 1. The number of ether oxygens (including phenoxy) is 1. The van der Waals surface area contributed by atoms with Gasteiger partial charge in [-0.25, -0.2) is 15.4 Å². The maximum Gasteiger partial charge on any atom is 0.324 e. The summed E-state index contributed by atoms with van der Waals surface area (Å²) in [4.78, 5) is 84.8. The van der Waals surface area contributed by atoms with Crippen molar-refractivity contribution >= 4 is 40.5 Å². The molecule has 0 unspecified atom stereocenters. The van der Waals surface area contributed by atoms with E-state index in [1.165, 1.54) is 22.3 Å². The average molecular weight is 823 g/mol. The van der Waals surface area contributed by atoms with Crippen LogP contribution < -0.4 is 10.7 Å². The van der Waals surface area contributed by atoms with Crippen molar-refractivity contribution in [2.24, 2.45) is 17.3 Å². The maximum absolute atomic E-state index is 14.4. The fraction of sp³-hybridized carbons (Fsp3) is 0.512. The maximum atomic E-state index is 14.4. The predicted octanol–water partition coefficient (Wildman–Crippen LogP) is 3.33. The van der Waals surface area contributed by atoms with Crippen molar-refractivity contribution in [1.82, 2.24) is 50.2 Å². The standard InChI is InChI=1S/C43H54N10O7/c1-8-35(54)51-16-14-27(22-51)40(56)50(7)36(25(3)4)39(55)46-32-18-34-47-38(49-60-34)26-12-13-33-29(17-26)30(37(52(33)9-2)28-20-44-24-45-21-28)19-43(5,6)23-59-42(58)31-11-10-15-53(48-31)41(32)57/h8,12-13,17,20-21,24-25,27,31-32,36,48H,1,9-11,14-16,18-19,22-23H2,2-7H3,(H,46,55)/t27-,31-,32-,36-/m0/s1. The van der Waals surface area contributed by atoms with Gasteiger partial charge in [0, 0.05) is 73.1 Å². The van der Waals surface area contributed by atoms with Crippen LogP contribution in [0.3, 0.4) is 0 Å². The van der Waals surface area contributed by atoms with Gasteiger partial charge in [-0.3, -0.25) is 29.0 Å². The van der Waals surface area contributed by atoms with Crippen LogP contribution in [-0.2, 0) is 48.1 Å². The lowest BCUT2D eigenvalue weighted by molar-refractivity contribution is -0.155. The second kappa shape index (κ2) is 17.3. The van der Waals surface area contributed by atoms with Gasteiger partial charge in [-0.2, -0.15) is 4.98 Å². The molecule has 1 aromatic carbocycles. The van der Waals surface area contributed by atoms with Gasteiger partial charge < -0.3 is 28.9 Å². The first-order valence-electron chi connectivity index (χ1n) is 20.7. The molecular formula is C43H54N10O7. The van der Waals surface area contributed by atoms with Crippen molar-refractivity contribution in [1.29, 1.82) is 0 Å². The number of carbonyl (C=O) groups excluding carboxylic acids is 5. The van der Waals surface area contributed by atoms with E-state index in [4.69, 9.17) is 14.2 Å². The Morgan fingerprint density at radius 1 is 1.12 bits per heavy atom. The summed E-state index contributed by atoms with van der Waals surface area (Å²) >= 11 is 0. The molecule has 2 fully saturated rings. The molecule has 3 aromatic heterocycles. The highest BCUT2D eigenvalue weighted by molar-refractivity contribution is 5.95. The van der Waals surface area contributed by atoms with Crippen molar-refractivity contribution in [2.75, 3.05) is 33.3 Å². The van der Waals surface area contributed by atoms with Crippen LogP contribution in [0.5, 0.6) is 0 Å². The molecule has 2 N–H and O–H groups in total. The van der Waals surface area contributed by atoms with Gasteiger partial charge in [0.2, 0.25) is 29.4 Å². The second-order valence-electron chi connectivity index (χ2n) is 17.1. The van der Waals surface area contributed by atoms with Crippen LogP contribution >= 0.6 is 0 Å². The van der Waals surface area contributed by atoms with E-state index in [-0.39, 0.29) is 49.7 Å². The van der Waals surface area contributed by atoms with E-state index in [9.17, 15) is 24.0 Å². The predicted molar refractivity (Wildman–Crippen MR) is 220 cm³/mol. The number of hydrazine groups is 1. The minimum atomic E-state index is -1.22. The lowest BCUT2D eigenvalue weighted by Gasteiger charge is -2.36. The molecule has 4 aromatic rings. The molecule has 3 aliphatic heterocycles. The summed E-state index contributed by atoms with van der Waals surface area (Å²) in [6.07, 6.45) is 8.10. The van der Waals surface area contributed by atoms with Gasteiger partial charge in [-0.1, -0.05) is 39.4 Å². The van der Waals surface area contributed by atoms with Gasteiger partial charge in [0.25, 0.3) is 5.91 Å². The van der Waals surface area contributed by atoms with Crippen LogP contribution in [0.15, 0.2) is 54.1 Å². The zero-order valence-electron chi connectivity index (χ0n) is 35.1. The van der Waals surface area contributed by atoms with Crippen LogP contribution in [0, 0.1) is 17.3 Å². The molecule has 0 aliphatic carbocycles. The van der Waals surface area contributed by atoms with Gasteiger partial charge in [0.1, 0.15) is 24.5 Å². The average Bonchev–Trinajstić information content (AvgIpc) is 4.00. The van der Waals surface area contributed by atoms with Gasteiger partial charge in [0.15, 0.2) is 0 Å². The highest BCUT2D eigenvalue weighted by Crippen LogP contribution is 2.39. The SMILES string of the molecule is C=CC(=O)N1CC[C@H](C(=O)N(C)[C@H](C(=O)N[C@H]2Cc3nc(no3)-c3ccc4c(c3)c(c(-c3cncnc3)n4CC)CC(C)(C)COC(=O)[C@@H]3CCCN(N3)C2=O)C(C)C)C1. The number of carbonyl (C=O) groups is 5. The third-order valence-electron chi connectivity index (χ3n) is 11.7. The van der Waals surface area contributed by atoms with Crippen LogP contribution in [0.4, 0.5) is 0 Å². The van der Waals surface area contributed by atoms with Crippen LogP contribution in [0.2, 0.25) is 0 Å². The number of benzene rings is 1. The van der Waals surface area contributed by atoms with Crippen LogP contribution in [-0.4, -0.2) is 120 Å². The normalized spacial score (nSPS) is 21.4. The fourth-order valence-electron chi connectivity index (χ4n) is 8.75. The smallest absolute Gasteiger partial charge is 0.324 e. The lowest BCUT2D eigenvalue weighted by atomic mass is 9.84. The van der Waals surface area contributed by atoms with E-state index in [2.05, 4.69) is 43.9 Å². The number of rotatable bonds is 8. The molecule has 6 heterocycles. The Bertz CT molecular complexity index is 2280.